The maximum Gasteiger partial charge on any atom is 0.122 e. The van der Waals surface area contributed by atoms with Crippen molar-refractivity contribution in [2.75, 3.05) is 20.6 Å². The summed E-state index contributed by atoms with van der Waals surface area (Å²) >= 11 is 0. The third-order valence-electron chi connectivity index (χ3n) is 3.84. The zero-order valence-corrected chi connectivity index (χ0v) is 12.5. The summed E-state index contributed by atoms with van der Waals surface area (Å²) in [6.45, 7) is 4.92. The summed E-state index contributed by atoms with van der Waals surface area (Å²) in [4.78, 5) is 2.02. The van der Waals surface area contributed by atoms with Crippen LogP contribution < -0.4 is 0 Å². The van der Waals surface area contributed by atoms with E-state index < -0.39 is 5.60 Å². The Balaban J connectivity index is 2.33. The van der Waals surface area contributed by atoms with E-state index >= 15 is 0 Å². The van der Waals surface area contributed by atoms with Crippen LogP contribution in [-0.2, 0) is 0 Å². The van der Waals surface area contributed by atoms with Crippen LogP contribution in [0.25, 0.3) is 0 Å². The Morgan fingerprint density at radius 3 is 2.67 bits per heavy atom. The van der Waals surface area contributed by atoms with Crippen LogP contribution in [0.1, 0.15) is 52.4 Å². The minimum atomic E-state index is -0.809. The average molecular weight is 251 g/mol. The number of hydrogen-bond donors (Lipinski definition) is 1. The van der Waals surface area contributed by atoms with Gasteiger partial charge in [-0.05, 0) is 52.1 Å². The van der Waals surface area contributed by atoms with Crippen molar-refractivity contribution in [2.45, 2.75) is 58.0 Å². The molecule has 2 nitrogen and oxygen atoms in total. The molecular weight excluding hydrogens is 222 g/mol. The molecular formula is C16H29NO. The van der Waals surface area contributed by atoms with Gasteiger partial charge < -0.3 is 5.11 Å². The highest BCUT2D eigenvalue weighted by Gasteiger charge is 2.23. The van der Waals surface area contributed by atoms with E-state index in [2.05, 4.69) is 18.8 Å². The zero-order chi connectivity index (χ0) is 13.6. The first-order valence-corrected chi connectivity index (χ1v) is 7.26. The van der Waals surface area contributed by atoms with Gasteiger partial charge in [0.1, 0.15) is 5.60 Å². The predicted molar refractivity (Wildman–Crippen MR) is 77.3 cm³/mol. The molecule has 2 heteroatoms. The normalized spacial score (nSPS) is 27.4. The third kappa shape index (κ3) is 6.42. The van der Waals surface area contributed by atoms with E-state index in [1.165, 1.54) is 25.7 Å². The van der Waals surface area contributed by atoms with Gasteiger partial charge in [-0.2, -0.15) is 0 Å². The molecule has 1 N–H and O–H groups in total. The van der Waals surface area contributed by atoms with Crippen molar-refractivity contribution in [3.63, 3.8) is 0 Å². The van der Waals surface area contributed by atoms with Gasteiger partial charge in [0.2, 0.25) is 0 Å². The molecule has 3 unspecified atom stereocenters. The van der Waals surface area contributed by atoms with Crippen molar-refractivity contribution in [3.8, 4) is 11.8 Å². The van der Waals surface area contributed by atoms with Gasteiger partial charge >= 0.3 is 0 Å². The first-order chi connectivity index (χ1) is 8.39. The van der Waals surface area contributed by atoms with Gasteiger partial charge in [-0.15, -0.1) is 0 Å². The van der Waals surface area contributed by atoms with Crippen LogP contribution in [0.2, 0.25) is 0 Å². The highest BCUT2D eigenvalue weighted by Crippen LogP contribution is 2.32. The highest BCUT2D eigenvalue weighted by molar-refractivity contribution is 5.12. The standard InChI is InChI=1S/C16H29NO/c1-14-7-5-8-15(13-14)9-11-16(2,18)10-6-12-17(3)4/h14-15,18H,5,7-9,11-13H2,1-4H3. The lowest BCUT2D eigenvalue weighted by Gasteiger charge is -2.28. The molecule has 0 bridgehead atoms. The maximum atomic E-state index is 10.2. The van der Waals surface area contributed by atoms with Crippen molar-refractivity contribution in [2.24, 2.45) is 11.8 Å². The van der Waals surface area contributed by atoms with Crippen LogP contribution in [-0.4, -0.2) is 36.2 Å². The second-order valence-electron chi connectivity index (χ2n) is 6.49. The number of aliphatic hydroxyl groups is 1. The van der Waals surface area contributed by atoms with Gasteiger partial charge in [-0.3, -0.25) is 4.90 Å². The summed E-state index contributed by atoms with van der Waals surface area (Å²) in [5, 5.41) is 10.2. The lowest BCUT2D eigenvalue weighted by atomic mass is 9.79. The Morgan fingerprint density at radius 2 is 2.06 bits per heavy atom. The maximum absolute atomic E-state index is 10.2. The Hall–Kier alpha value is -0.520. The molecule has 104 valence electrons. The number of nitrogens with zero attached hydrogens (tertiary/aromatic N) is 1. The van der Waals surface area contributed by atoms with Gasteiger partial charge in [0.05, 0.1) is 6.54 Å². The summed E-state index contributed by atoms with van der Waals surface area (Å²) in [6, 6.07) is 0. The number of rotatable bonds is 4. The molecule has 1 fully saturated rings. The van der Waals surface area contributed by atoms with Crippen molar-refractivity contribution in [3.05, 3.63) is 0 Å². The summed E-state index contributed by atoms with van der Waals surface area (Å²) in [7, 11) is 3.99. The van der Waals surface area contributed by atoms with Crippen LogP contribution >= 0.6 is 0 Å². The molecule has 0 aromatic heterocycles. The average Bonchev–Trinajstić information content (AvgIpc) is 2.26. The molecule has 0 saturated heterocycles. The van der Waals surface area contributed by atoms with Crippen molar-refractivity contribution < 1.29 is 5.11 Å². The Labute approximate surface area is 113 Å². The molecule has 1 rings (SSSR count). The van der Waals surface area contributed by atoms with E-state index in [0.29, 0.717) is 0 Å². The lowest BCUT2D eigenvalue weighted by Crippen LogP contribution is -2.24. The fraction of sp³-hybridized carbons (Fsp3) is 0.875. The summed E-state index contributed by atoms with van der Waals surface area (Å²) in [6.07, 6.45) is 7.35. The quantitative estimate of drug-likeness (QED) is 0.777. The minimum Gasteiger partial charge on any atom is -0.378 e. The molecule has 0 aromatic carbocycles. The van der Waals surface area contributed by atoms with Gasteiger partial charge in [0.25, 0.3) is 0 Å². The van der Waals surface area contributed by atoms with E-state index in [9.17, 15) is 5.11 Å². The van der Waals surface area contributed by atoms with E-state index in [1.807, 2.05) is 25.9 Å². The fourth-order valence-electron chi connectivity index (χ4n) is 2.76. The van der Waals surface area contributed by atoms with Gasteiger partial charge in [0.15, 0.2) is 0 Å². The minimum absolute atomic E-state index is 0.719. The predicted octanol–water partition coefficient (Wildman–Crippen LogP) is 2.91. The molecule has 0 aromatic rings. The monoisotopic (exact) mass is 251 g/mol. The topological polar surface area (TPSA) is 23.5 Å². The zero-order valence-electron chi connectivity index (χ0n) is 12.5. The van der Waals surface area contributed by atoms with Gasteiger partial charge in [-0.25, -0.2) is 0 Å². The molecule has 0 amide bonds. The highest BCUT2D eigenvalue weighted by atomic mass is 16.3. The lowest BCUT2D eigenvalue weighted by molar-refractivity contribution is 0.0974. The summed E-state index contributed by atoms with van der Waals surface area (Å²) in [5.41, 5.74) is -0.809. The van der Waals surface area contributed by atoms with E-state index in [1.54, 1.807) is 0 Å². The molecule has 0 aliphatic heterocycles. The van der Waals surface area contributed by atoms with Crippen LogP contribution in [0.5, 0.6) is 0 Å². The van der Waals surface area contributed by atoms with Crippen LogP contribution in [0.15, 0.2) is 0 Å². The van der Waals surface area contributed by atoms with E-state index in [4.69, 9.17) is 0 Å². The molecule has 1 aliphatic carbocycles. The Morgan fingerprint density at radius 1 is 1.33 bits per heavy atom. The Bertz CT molecular complexity index is 298. The van der Waals surface area contributed by atoms with Crippen molar-refractivity contribution in [1.29, 1.82) is 0 Å². The van der Waals surface area contributed by atoms with E-state index in [0.717, 1.165) is 31.2 Å². The second kappa shape index (κ2) is 7.16. The molecule has 0 radical (unpaired) electrons. The largest absolute Gasteiger partial charge is 0.378 e. The third-order valence-corrected chi connectivity index (χ3v) is 3.84. The van der Waals surface area contributed by atoms with Crippen LogP contribution in [0.4, 0.5) is 0 Å². The number of hydrogen-bond acceptors (Lipinski definition) is 2. The van der Waals surface area contributed by atoms with Crippen LogP contribution in [0, 0.1) is 23.7 Å². The molecule has 3 atom stereocenters. The van der Waals surface area contributed by atoms with Crippen LogP contribution in [0.3, 0.4) is 0 Å². The molecule has 1 saturated carbocycles. The summed E-state index contributed by atoms with van der Waals surface area (Å²) in [5.74, 6) is 7.72. The fourth-order valence-corrected chi connectivity index (χ4v) is 2.76. The van der Waals surface area contributed by atoms with Gasteiger partial charge in [-0.1, -0.05) is 38.0 Å². The van der Waals surface area contributed by atoms with Gasteiger partial charge in [0, 0.05) is 0 Å². The SMILES string of the molecule is CC1CCCC(CCC(C)(O)C#CCN(C)C)C1. The smallest absolute Gasteiger partial charge is 0.122 e. The first-order valence-electron chi connectivity index (χ1n) is 7.26. The first kappa shape index (κ1) is 15.5. The molecule has 18 heavy (non-hydrogen) atoms. The van der Waals surface area contributed by atoms with Crippen molar-refractivity contribution in [1.82, 2.24) is 4.90 Å². The second-order valence-corrected chi connectivity index (χ2v) is 6.49. The molecule has 0 heterocycles. The summed E-state index contributed by atoms with van der Waals surface area (Å²) < 4.78 is 0. The Kier molecular flexibility index (Phi) is 6.18. The molecule has 1 aliphatic rings. The van der Waals surface area contributed by atoms with Crippen molar-refractivity contribution >= 4 is 0 Å². The molecule has 0 spiro atoms. The van der Waals surface area contributed by atoms with E-state index in [-0.39, 0.29) is 0 Å².